The molecule has 102 valence electrons. The molecule has 1 aromatic rings. The molecule has 0 amide bonds. The van der Waals surface area contributed by atoms with Crippen LogP contribution < -0.4 is 0 Å². The van der Waals surface area contributed by atoms with Gasteiger partial charge in [0.15, 0.2) is 5.78 Å². The number of Topliss-reactive ketones (excluding diaryl/α,β-unsaturated/α-hetero) is 1. The first-order valence-corrected chi connectivity index (χ1v) is 6.30. The number of carbonyl (C=O) groups excluding carboxylic acids is 2. The molecule has 0 saturated heterocycles. The van der Waals surface area contributed by atoms with Crippen LogP contribution in [0.1, 0.15) is 22.8 Å². The first kappa shape index (κ1) is 15.2. The third-order valence-corrected chi connectivity index (χ3v) is 3.43. The molecule has 0 aliphatic carbocycles. The Morgan fingerprint density at radius 3 is 2.47 bits per heavy atom. The van der Waals surface area contributed by atoms with Crippen LogP contribution in [0.2, 0.25) is 0 Å². The molecule has 1 rings (SSSR count). The van der Waals surface area contributed by atoms with E-state index in [0.717, 1.165) is 22.2 Å². The lowest BCUT2D eigenvalue weighted by atomic mass is 10.1. The van der Waals surface area contributed by atoms with E-state index < -0.39 is 5.97 Å². The molecule has 6 heteroatoms. The lowest BCUT2D eigenvalue weighted by Gasteiger charge is -2.07. The van der Waals surface area contributed by atoms with Crippen LogP contribution in [0.5, 0.6) is 0 Å². The van der Waals surface area contributed by atoms with Gasteiger partial charge in [-0.15, -0.1) is 0 Å². The number of rotatable bonds is 3. The number of hydrogen-bond acceptors (Lipinski definition) is 6. The number of methoxy groups -OCH3 is 1. The van der Waals surface area contributed by atoms with Gasteiger partial charge in [-0.3, -0.25) is 4.79 Å². The lowest BCUT2D eigenvalue weighted by molar-refractivity contribution is -0.132. The van der Waals surface area contributed by atoms with Gasteiger partial charge in [-0.1, -0.05) is 29.1 Å². The van der Waals surface area contributed by atoms with Crippen LogP contribution in [0.3, 0.4) is 0 Å². The predicted octanol–water partition coefficient (Wildman–Crippen LogP) is 2.42. The highest BCUT2D eigenvalue weighted by atomic mass is 32.2. The van der Waals surface area contributed by atoms with Gasteiger partial charge in [-0.2, -0.15) is 0 Å². The molecule has 19 heavy (non-hydrogen) atoms. The second-order valence-corrected chi connectivity index (χ2v) is 4.74. The number of benzene rings is 1. The fraction of sp³-hybridized carbons (Fsp3) is 0.308. The molecule has 0 spiro atoms. The topological polar surface area (TPSA) is 65.0 Å². The summed E-state index contributed by atoms with van der Waals surface area (Å²) in [6.45, 7) is 3.37. The Kier molecular flexibility index (Phi) is 5.57. The fourth-order valence-electron chi connectivity index (χ4n) is 1.30. The minimum absolute atomic E-state index is 0.0369. The summed E-state index contributed by atoms with van der Waals surface area (Å²) in [4.78, 5) is 28.2. The maximum Gasteiger partial charge on any atom is 0.367 e. The van der Waals surface area contributed by atoms with E-state index in [0.29, 0.717) is 5.56 Å². The molecule has 1 aromatic carbocycles. The monoisotopic (exact) mass is 281 g/mol. The third kappa shape index (κ3) is 4.10. The standard InChI is InChI=1S/C13H15NO4S/c1-8-5-6-10(9(2)15)7-11(8)19-12(14-18-4)13(16)17-3/h5-7H,1-4H3. The minimum atomic E-state index is -0.584. The number of hydrogen-bond donors (Lipinski definition) is 0. The molecule has 0 atom stereocenters. The Morgan fingerprint density at radius 1 is 1.26 bits per heavy atom. The Hall–Kier alpha value is -1.82. The molecule has 0 bridgehead atoms. The van der Waals surface area contributed by atoms with Gasteiger partial charge in [0.1, 0.15) is 7.11 Å². The van der Waals surface area contributed by atoms with Crippen molar-refractivity contribution in [3.05, 3.63) is 29.3 Å². The van der Waals surface area contributed by atoms with Crippen molar-refractivity contribution < 1.29 is 19.2 Å². The Bertz CT molecular complexity index is 525. The van der Waals surface area contributed by atoms with Gasteiger partial charge in [0.2, 0.25) is 5.04 Å². The van der Waals surface area contributed by atoms with Crippen molar-refractivity contribution in [2.75, 3.05) is 14.2 Å². The van der Waals surface area contributed by atoms with Gasteiger partial charge >= 0.3 is 5.97 Å². The van der Waals surface area contributed by atoms with Crippen LogP contribution in [0.15, 0.2) is 28.3 Å². The van der Waals surface area contributed by atoms with Crippen LogP contribution in [0.25, 0.3) is 0 Å². The van der Waals surface area contributed by atoms with Crippen molar-refractivity contribution in [2.24, 2.45) is 5.16 Å². The van der Waals surface area contributed by atoms with Crippen LogP contribution in [0, 0.1) is 6.92 Å². The van der Waals surface area contributed by atoms with E-state index in [1.165, 1.54) is 21.1 Å². The van der Waals surface area contributed by atoms with E-state index in [1.54, 1.807) is 12.1 Å². The molecule has 0 aliphatic rings. The average molecular weight is 281 g/mol. The van der Waals surface area contributed by atoms with Gasteiger partial charge in [0.05, 0.1) is 7.11 Å². The summed E-state index contributed by atoms with van der Waals surface area (Å²) in [5.74, 6) is -0.621. The summed E-state index contributed by atoms with van der Waals surface area (Å²) in [6.07, 6.45) is 0. The number of ketones is 1. The van der Waals surface area contributed by atoms with E-state index in [-0.39, 0.29) is 10.8 Å². The van der Waals surface area contributed by atoms with Crippen molar-refractivity contribution in [1.29, 1.82) is 0 Å². The minimum Gasteiger partial charge on any atom is -0.464 e. The van der Waals surface area contributed by atoms with E-state index in [4.69, 9.17) is 0 Å². The van der Waals surface area contributed by atoms with Gasteiger partial charge in [0.25, 0.3) is 0 Å². The molecule has 5 nitrogen and oxygen atoms in total. The first-order chi connectivity index (χ1) is 8.99. The van der Waals surface area contributed by atoms with Crippen molar-refractivity contribution in [1.82, 2.24) is 0 Å². The highest BCUT2D eigenvalue weighted by Gasteiger charge is 2.16. The Balaban J connectivity index is 3.09. The SMILES string of the molecule is CON=C(Sc1cc(C(C)=O)ccc1C)C(=O)OC. The predicted molar refractivity (Wildman–Crippen MR) is 73.5 cm³/mol. The molecule has 0 heterocycles. The highest BCUT2D eigenvalue weighted by Crippen LogP contribution is 2.26. The number of carbonyl (C=O) groups is 2. The maximum atomic E-state index is 11.5. The lowest BCUT2D eigenvalue weighted by Crippen LogP contribution is -2.12. The van der Waals surface area contributed by atoms with E-state index in [2.05, 4.69) is 14.7 Å². The molecule has 0 aromatic heterocycles. The Labute approximate surface area is 116 Å². The smallest absolute Gasteiger partial charge is 0.367 e. The highest BCUT2D eigenvalue weighted by molar-refractivity contribution is 8.15. The van der Waals surface area contributed by atoms with Crippen molar-refractivity contribution in [3.8, 4) is 0 Å². The van der Waals surface area contributed by atoms with Crippen LogP contribution in [0.4, 0.5) is 0 Å². The normalized spacial score (nSPS) is 11.1. The number of ether oxygens (including phenoxy) is 1. The fourth-order valence-corrected chi connectivity index (χ4v) is 2.20. The average Bonchev–Trinajstić information content (AvgIpc) is 2.39. The molecule has 0 fully saturated rings. The first-order valence-electron chi connectivity index (χ1n) is 5.48. The summed E-state index contributed by atoms with van der Waals surface area (Å²) in [6, 6.07) is 5.28. The quantitative estimate of drug-likeness (QED) is 0.213. The Morgan fingerprint density at radius 2 is 1.95 bits per heavy atom. The summed E-state index contributed by atoms with van der Waals surface area (Å²) in [5.41, 5.74) is 1.51. The number of esters is 1. The van der Waals surface area contributed by atoms with Crippen LogP contribution in [-0.4, -0.2) is 31.0 Å². The zero-order chi connectivity index (χ0) is 14.4. The zero-order valence-corrected chi connectivity index (χ0v) is 12.0. The van der Waals surface area contributed by atoms with E-state index >= 15 is 0 Å². The largest absolute Gasteiger partial charge is 0.464 e. The molecule has 0 N–H and O–H groups in total. The number of thioether (sulfide) groups is 1. The molecule has 0 unspecified atom stereocenters. The number of oxime groups is 1. The number of nitrogens with zero attached hydrogens (tertiary/aromatic N) is 1. The van der Waals surface area contributed by atoms with Crippen LogP contribution in [-0.2, 0) is 14.4 Å². The summed E-state index contributed by atoms with van der Waals surface area (Å²) in [5, 5.41) is 3.70. The zero-order valence-electron chi connectivity index (χ0n) is 11.2. The van der Waals surface area contributed by atoms with Gasteiger partial charge in [-0.05, 0) is 25.5 Å². The summed E-state index contributed by atoms with van der Waals surface area (Å²) < 4.78 is 4.62. The molecular formula is C13H15NO4S. The van der Waals surface area contributed by atoms with Gasteiger partial charge in [0, 0.05) is 10.5 Å². The molecule has 0 radical (unpaired) electrons. The summed E-state index contributed by atoms with van der Waals surface area (Å²) in [7, 11) is 2.62. The number of aryl methyl sites for hydroxylation is 1. The van der Waals surface area contributed by atoms with Gasteiger partial charge < -0.3 is 9.57 Å². The van der Waals surface area contributed by atoms with Crippen LogP contribution >= 0.6 is 11.8 Å². The second-order valence-electron chi connectivity index (χ2n) is 3.71. The van der Waals surface area contributed by atoms with E-state index in [1.807, 2.05) is 13.0 Å². The van der Waals surface area contributed by atoms with Crippen molar-refractivity contribution >= 4 is 28.6 Å². The third-order valence-electron chi connectivity index (χ3n) is 2.34. The molecule has 0 saturated carbocycles. The molecular weight excluding hydrogens is 266 g/mol. The summed E-state index contributed by atoms with van der Waals surface area (Å²) >= 11 is 1.10. The van der Waals surface area contributed by atoms with E-state index in [9.17, 15) is 9.59 Å². The van der Waals surface area contributed by atoms with Gasteiger partial charge in [-0.25, -0.2) is 4.79 Å². The van der Waals surface area contributed by atoms with Crippen molar-refractivity contribution in [3.63, 3.8) is 0 Å². The molecule has 0 aliphatic heterocycles. The second kappa shape index (κ2) is 6.94. The maximum absolute atomic E-state index is 11.5. The van der Waals surface area contributed by atoms with Crippen molar-refractivity contribution in [2.45, 2.75) is 18.7 Å².